The molecule has 1 saturated heterocycles. The van der Waals surface area contributed by atoms with Crippen LogP contribution in [0, 0.1) is 0 Å². The molecule has 6 nitrogen and oxygen atoms in total. The predicted molar refractivity (Wildman–Crippen MR) is 104 cm³/mol. The molecule has 0 aromatic heterocycles. The summed E-state index contributed by atoms with van der Waals surface area (Å²) in [4.78, 5) is 25.3. The van der Waals surface area contributed by atoms with Crippen molar-refractivity contribution in [3.8, 4) is 11.5 Å². The number of halogens is 1. The highest BCUT2D eigenvalue weighted by atomic mass is 79.9. The highest BCUT2D eigenvalue weighted by molar-refractivity contribution is 9.10. The Kier molecular flexibility index (Phi) is 6.85. The quantitative estimate of drug-likeness (QED) is 0.388. The molecule has 0 saturated carbocycles. The number of ether oxygens (including phenoxy) is 2. The number of hydrogen-bond acceptors (Lipinski definition) is 4. The maximum atomic E-state index is 12.3. The van der Waals surface area contributed by atoms with E-state index in [1.807, 2.05) is 26.8 Å². The Balaban J connectivity index is 2.37. The molecular formula is C19H23BrN2O4. The number of rotatable bonds is 8. The summed E-state index contributed by atoms with van der Waals surface area (Å²) < 4.78 is 12.4. The molecule has 0 radical (unpaired) electrons. The van der Waals surface area contributed by atoms with Crippen LogP contribution in [-0.4, -0.2) is 36.1 Å². The van der Waals surface area contributed by atoms with Gasteiger partial charge in [-0.15, -0.1) is 6.58 Å². The molecule has 1 fully saturated rings. The second-order valence-electron chi connectivity index (χ2n) is 5.79. The van der Waals surface area contributed by atoms with Crippen LogP contribution in [0.25, 0.3) is 6.08 Å². The van der Waals surface area contributed by atoms with Gasteiger partial charge in [0.2, 0.25) is 0 Å². The smallest absolute Gasteiger partial charge is 0.329 e. The van der Waals surface area contributed by atoms with Crippen LogP contribution in [0.1, 0.15) is 32.8 Å². The fourth-order valence-electron chi connectivity index (χ4n) is 2.37. The van der Waals surface area contributed by atoms with Gasteiger partial charge >= 0.3 is 6.03 Å². The highest BCUT2D eigenvalue weighted by Gasteiger charge is 2.32. The Morgan fingerprint density at radius 1 is 1.35 bits per heavy atom. The number of amides is 3. The van der Waals surface area contributed by atoms with Crippen molar-refractivity contribution in [1.82, 2.24) is 10.2 Å². The largest absolute Gasteiger partial charge is 0.490 e. The second kappa shape index (κ2) is 8.89. The Bertz CT molecular complexity index is 745. The van der Waals surface area contributed by atoms with Gasteiger partial charge in [-0.3, -0.25) is 9.69 Å². The average molecular weight is 423 g/mol. The van der Waals surface area contributed by atoms with Gasteiger partial charge in [0.25, 0.3) is 5.91 Å². The van der Waals surface area contributed by atoms with Gasteiger partial charge < -0.3 is 14.8 Å². The van der Waals surface area contributed by atoms with E-state index in [0.717, 1.165) is 15.8 Å². The van der Waals surface area contributed by atoms with Gasteiger partial charge in [0.05, 0.1) is 17.2 Å². The average Bonchev–Trinajstić information content (AvgIpc) is 2.86. The number of nitrogens with zero attached hydrogens (tertiary/aromatic N) is 1. The summed E-state index contributed by atoms with van der Waals surface area (Å²) in [5.41, 5.74) is 0.919. The summed E-state index contributed by atoms with van der Waals surface area (Å²) in [6, 6.07) is 3.15. The summed E-state index contributed by atoms with van der Waals surface area (Å²) in [7, 11) is 0. The summed E-state index contributed by atoms with van der Waals surface area (Å²) in [6.45, 7) is 10.1. The first-order chi connectivity index (χ1) is 12.4. The Morgan fingerprint density at radius 3 is 2.69 bits per heavy atom. The van der Waals surface area contributed by atoms with Gasteiger partial charge in [0.15, 0.2) is 11.5 Å². The zero-order valence-corrected chi connectivity index (χ0v) is 16.8. The minimum atomic E-state index is -0.457. The van der Waals surface area contributed by atoms with Crippen molar-refractivity contribution < 1.29 is 19.1 Å². The highest BCUT2D eigenvalue weighted by Crippen LogP contribution is 2.38. The Hall–Kier alpha value is -2.28. The maximum Gasteiger partial charge on any atom is 0.329 e. The molecule has 1 aromatic carbocycles. The van der Waals surface area contributed by atoms with E-state index >= 15 is 0 Å². The first-order valence-electron chi connectivity index (χ1n) is 8.49. The molecule has 3 amide bonds. The molecule has 1 aromatic rings. The van der Waals surface area contributed by atoms with Crippen molar-refractivity contribution in [2.24, 2.45) is 0 Å². The lowest BCUT2D eigenvalue weighted by Gasteiger charge is -2.18. The number of hydrogen-bond donors (Lipinski definition) is 1. The van der Waals surface area contributed by atoms with Crippen LogP contribution in [0.15, 0.2) is 35.0 Å². The Morgan fingerprint density at radius 2 is 2.08 bits per heavy atom. The third-order valence-corrected chi connectivity index (χ3v) is 4.40. The summed E-state index contributed by atoms with van der Waals surface area (Å²) in [5, 5.41) is 2.58. The molecule has 0 spiro atoms. The van der Waals surface area contributed by atoms with Crippen molar-refractivity contribution in [1.29, 1.82) is 0 Å². The van der Waals surface area contributed by atoms with Crippen LogP contribution in [0.2, 0.25) is 0 Å². The van der Waals surface area contributed by atoms with E-state index in [1.54, 1.807) is 12.1 Å². The summed E-state index contributed by atoms with van der Waals surface area (Å²) in [5.74, 6) is 0.816. The van der Waals surface area contributed by atoms with Crippen LogP contribution in [0.4, 0.5) is 4.79 Å². The molecular weight excluding hydrogens is 400 g/mol. The molecule has 0 unspecified atom stereocenters. The van der Waals surface area contributed by atoms with E-state index in [9.17, 15) is 9.59 Å². The van der Waals surface area contributed by atoms with Crippen LogP contribution in [0.3, 0.4) is 0 Å². The lowest BCUT2D eigenvalue weighted by molar-refractivity contribution is -0.122. The van der Waals surface area contributed by atoms with Crippen LogP contribution >= 0.6 is 15.9 Å². The van der Waals surface area contributed by atoms with E-state index in [4.69, 9.17) is 9.47 Å². The van der Waals surface area contributed by atoms with Crippen molar-refractivity contribution in [2.45, 2.75) is 33.3 Å². The van der Waals surface area contributed by atoms with E-state index in [2.05, 4.69) is 27.8 Å². The van der Waals surface area contributed by atoms with Gasteiger partial charge in [-0.1, -0.05) is 13.0 Å². The minimum absolute atomic E-state index is 0.0397. The minimum Gasteiger partial charge on any atom is -0.490 e. The summed E-state index contributed by atoms with van der Waals surface area (Å²) in [6.07, 6.45) is 4.02. The van der Waals surface area contributed by atoms with E-state index in [1.165, 1.54) is 6.08 Å². The molecule has 7 heteroatoms. The number of nitrogens with one attached hydrogen (secondary N) is 1. The molecule has 2 rings (SSSR count). The Labute approximate surface area is 162 Å². The third-order valence-electron chi connectivity index (χ3n) is 3.81. The fraction of sp³-hybridized carbons (Fsp3) is 0.368. The topological polar surface area (TPSA) is 67.9 Å². The zero-order chi connectivity index (χ0) is 19.3. The monoisotopic (exact) mass is 422 g/mol. The number of benzene rings is 1. The molecule has 0 aliphatic carbocycles. The van der Waals surface area contributed by atoms with Gasteiger partial charge in [-0.2, -0.15) is 0 Å². The first kappa shape index (κ1) is 20.0. The van der Waals surface area contributed by atoms with E-state index in [0.29, 0.717) is 23.7 Å². The molecule has 1 N–H and O–H groups in total. The molecule has 1 heterocycles. The number of imide groups is 1. The molecule has 26 heavy (non-hydrogen) atoms. The van der Waals surface area contributed by atoms with Gasteiger partial charge in [-0.05, 0) is 60.0 Å². The molecule has 140 valence electrons. The number of carbonyl (C=O) groups is 2. The van der Waals surface area contributed by atoms with Gasteiger partial charge in [0.1, 0.15) is 5.70 Å². The molecule has 1 aliphatic heterocycles. The lowest BCUT2D eigenvalue weighted by Crippen LogP contribution is -2.30. The SMILES string of the molecule is C=CCN1C(=O)N/C(=C/c2cc(Br)c(O[C@H](C)CC)c(OCC)c2)C1=O. The van der Waals surface area contributed by atoms with Crippen LogP contribution in [-0.2, 0) is 4.79 Å². The normalized spacial score (nSPS) is 16.6. The van der Waals surface area contributed by atoms with Crippen LogP contribution in [0.5, 0.6) is 11.5 Å². The van der Waals surface area contributed by atoms with E-state index < -0.39 is 6.03 Å². The third kappa shape index (κ3) is 4.46. The van der Waals surface area contributed by atoms with Gasteiger partial charge in [0, 0.05) is 6.54 Å². The van der Waals surface area contributed by atoms with Crippen molar-refractivity contribution in [3.63, 3.8) is 0 Å². The lowest BCUT2D eigenvalue weighted by atomic mass is 10.1. The van der Waals surface area contributed by atoms with Crippen molar-refractivity contribution in [2.75, 3.05) is 13.2 Å². The number of carbonyl (C=O) groups excluding carboxylic acids is 2. The maximum absolute atomic E-state index is 12.3. The van der Waals surface area contributed by atoms with E-state index in [-0.39, 0.29) is 24.3 Å². The second-order valence-corrected chi connectivity index (χ2v) is 6.65. The number of urea groups is 1. The molecule has 1 atom stereocenters. The zero-order valence-electron chi connectivity index (χ0n) is 15.2. The summed E-state index contributed by atoms with van der Waals surface area (Å²) >= 11 is 3.51. The molecule has 1 aliphatic rings. The van der Waals surface area contributed by atoms with Gasteiger partial charge in [-0.25, -0.2) is 4.79 Å². The predicted octanol–water partition coefficient (Wildman–Crippen LogP) is 4.10. The van der Waals surface area contributed by atoms with Crippen molar-refractivity contribution >= 4 is 33.9 Å². The standard InChI is InChI=1S/C19H23BrN2O4/c1-5-8-22-18(23)15(21-19(22)24)10-13-9-14(20)17(26-12(4)6-2)16(11-13)25-7-3/h5,9-12H,1,6-8H2,2-4H3,(H,21,24)/b15-10+/t12-/m1/s1. The first-order valence-corrected chi connectivity index (χ1v) is 9.28. The fourth-order valence-corrected chi connectivity index (χ4v) is 2.92. The van der Waals surface area contributed by atoms with Crippen molar-refractivity contribution in [3.05, 3.63) is 40.5 Å². The van der Waals surface area contributed by atoms with Crippen LogP contribution < -0.4 is 14.8 Å². The molecule has 0 bridgehead atoms.